The van der Waals surface area contributed by atoms with Crippen molar-refractivity contribution in [3.63, 3.8) is 0 Å². The quantitative estimate of drug-likeness (QED) is 0.357. The van der Waals surface area contributed by atoms with Gasteiger partial charge in [0, 0.05) is 13.2 Å². The number of thiocarbonyl (C=S) groups is 1. The van der Waals surface area contributed by atoms with Crippen molar-refractivity contribution in [1.29, 1.82) is 0 Å². The molecule has 1 amide bonds. The largest absolute Gasteiger partial charge is 0.497 e. The summed E-state index contributed by atoms with van der Waals surface area (Å²) in [6.07, 6.45) is 1.50. The van der Waals surface area contributed by atoms with Crippen molar-refractivity contribution in [2.75, 3.05) is 27.4 Å². The van der Waals surface area contributed by atoms with E-state index in [2.05, 4.69) is 21.3 Å². The van der Waals surface area contributed by atoms with Crippen LogP contribution >= 0.6 is 12.2 Å². The predicted molar refractivity (Wildman–Crippen MR) is 94.9 cm³/mol. The van der Waals surface area contributed by atoms with Crippen molar-refractivity contribution in [2.45, 2.75) is 13.0 Å². The number of ether oxygens (including phenoxy) is 2. The molecule has 0 bridgehead atoms. The van der Waals surface area contributed by atoms with Crippen LogP contribution in [0.15, 0.2) is 29.4 Å². The van der Waals surface area contributed by atoms with E-state index in [0.29, 0.717) is 6.61 Å². The van der Waals surface area contributed by atoms with Crippen LogP contribution in [0.1, 0.15) is 12.5 Å². The molecule has 0 unspecified atom stereocenters. The maximum atomic E-state index is 11.6. The highest BCUT2D eigenvalue weighted by atomic mass is 32.1. The van der Waals surface area contributed by atoms with Crippen LogP contribution in [0, 0.1) is 0 Å². The molecule has 0 saturated carbocycles. The molecule has 0 fully saturated rings. The molecule has 8 nitrogen and oxygen atoms in total. The monoisotopic (exact) mass is 354 g/mol. The number of benzene rings is 1. The second kappa shape index (κ2) is 11.2. The molecule has 0 aliphatic carbocycles. The summed E-state index contributed by atoms with van der Waals surface area (Å²) in [5.41, 5.74) is 5.78. The second-order valence-corrected chi connectivity index (χ2v) is 5.19. The van der Waals surface area contributed by atoms with Crippen molar-refractivity contribution < 1.29 is 19.1 Å². The molecular weight excluding hydrogens is 332 g/mol. The fourth-order valence-electron chi connectivity index (χ4n) is 1.60. The van der Waals surface area contributed by atoms with Gasteiger partial charge in [-0.05, 0) is 49.0 Å². The molecule has 9 heteroatoms. The van der Waals surface area contributed by atoms with Crippen LogP contribution in [-0.2, 0) is 14.4 Å². The molecule has 0 heterocycles. The summed E-state index contributed by atoms with van der Waals surface area (Å²) < 4.78 is 10.0. The number of carbonyl (C=O) groups is 1. The van der Waals surface area contributed by atoms with E-state index < -0.39 is 5.91 Å². The average molecular weight is 354 g/mol. The Labute approximate surface area is 146 Å². The minimum atomic E-state index is -0.412. The van der Waals surface area contributed by atoms with Gasteiger partial charge >= 0.3 is 0 Å². The van der Waals surface area contributed by atoms with E-state index in [0.717, 1.165) is 11.3 Å². The molecule has 1 aromatic carbocycles. The molecule has 1 atom stereocenters. The molecule has 1 rings (SSSR count). The van der Waals surface area contributed by atoms with Gasteiger partial charge in [-0.25, -0.2) is 0 Å². The van der Waals surface area contributed by atoms with Crippen LogP contribution in [0.25, 0.3) is 0 Å². The first-order chi connectivity index (χ1) is 11.5. The summed E-state index contributed by atoms with van der Waals surface area (Å²) in [6.45, 7) is 2.16. The van der Waals surface area contributed by atoms with E-state index >= 15 is 0 Å². The van der Waals surface area contributed by atoms with E-state index in [1.807, 2.05) is 19.1 Å². The third-order valence-electron chi connectivity index (χ3n) is 2.70. The van der Waals surface area contributed by atoms with Crippen LogP contribution < -0.4 is 20.9 Å². The zero-order valence-corrected chi connectivity index (χ0v) is 14.7. The van der Waals surface area contributed by atoms with E-state index in [4.69, 9.17) is 26.5 Å². The minimum absolute atomic E-state index is 0.0252. The van der Waals surface area contributed by atoms with E-state index in [9.17, 15) is 4.79 Å². The van der Waals surface area contributed by atoms with Gasteiger partial charge in [0.1, 0.15) is 5.75 Å². The highest BCUT2D eigenvalue weighted by molar-refractivity contribution is 7.80. The van der Waals surface area contributed by atoms with E-state index in [-0.39, 0.29) is 17.8 Å². The summed E-state index contributed by atoms with van der Waals surface area (Å²) in [4.78, 5) is 16.5. The Morgan fingerprint density at radius 2 is 2.00 bits per heavy atom. The maximum Gasteiger partial charge on any atom is 0.279 e. The number of hydrazine groups is 1. The van der Waals surface area contributed by atoms with Crippen molar-refractivity contribution in [2.24, 2.45) is 5.16 Å². The number of oxime groups is 1. The van der Waals surface area contributed by atoms with Gasteiger partial charge in [-0.2, -0.15) is 0 Å². The summed E-state index contributed by atoms with van der Waals surface area (Å²) >= 11 is 5.01. The Bertz CT molecular complexity index is 551. The highest BCUT2D eigenvalue weighted by Crippen LogP contribution is 2.09. The van der Waals surface area contributed by atoms with Crippen LogP contribution in [0.2, 0.25) is 0 Å². The van der Waals surface area contributed by atoms with Crippen molar-refractivity contribution >= 4 is 29.5 Å². The summed E-state index contributed by atoms with van der Waals surface area (Å²) in [5, 5.41) is 6.94. The molecule has 0 aromatic heterocycles. The van der Waals surface area contributed by atoms with Gasteiger partial charge < -0.3 is 19.6 Å². The summed E-state index contributed by atoms with van der Waals surface area (Å²) in [6, 6.07) is 7.27. The first kappa shape index (κ1) is 19.7. The lowest BCUT2D eigenvalue weighted by Gasteiger charge is -2.16. The molecule has 0 aliphatic heterocycles. The van der Waals surface area contributed by atoms with Gasteiger partial charge in [-0.1, -0.05) is 5.16 Å². The topological polar surface area (TPSA) is 93.2 Å². The Hall–Kier alpha value is -2.39. The fourth-order valence-corrected chi connectivity index (χ4v) is 1.85. The maximum absolute atomic E-state index is 11.6. The Morgan fingerprint density at radius 3 is 2.62 bits per heavy atom. The molecule has 1 aromatic rings. The molecule has 0 radical (unpaired) electrons. The predicted octanol–water partition coefficient (Wildman–Crippen LogP) is 0.576. The Morgan fingerprint density at radius 1 is 1.29 bits per heavy atom. The van der Waals surface area contributed by atoms with Gasteiger partial charge in [0.05, 0.1) is 19.9 Å². The normalized spacial score (nSPS) is 11.6. The van der Waals surface area contributed by atoms with Crippen LogP contribution in [0.4, 0.5) is 0 Å². The lowest BCUT2D eigenvalue weighted by Crippen LogP contribution is -2.50. The number of nitrogens with one attached hydrogen (secondary N) is 3. The Kier molecular flexibility index (Phi) is 9.17. The second-order valence-electron chi connectivity index (χ2n) is 4.78. The number of carbonyl (C=O) groups excluding carboxylic acids is 1. The van der Waals surface area contributed by atoms with Crippen LogP contribution in [0.3, 0.4) is 0 Å². The Balaban J connectivity index is 2.21. The van der Waals surface area contributed by atoms with Gasteiger partial charge in [-0.3, -0.25) is 15.6 Å². The van der Waals surface area contributed by atoms with Crippen molar-refractivity contribution in [1.82, 2.24) is 16.2 Å². The van der Waals surface area contributed by atoms with E-state index in [1.54, 1.807) is 26.4 Å². The molecule has 0 aliphatic rings. The van der Waals surface area contributed by atoms with Crippen LogP contribution in [0.5, 0.6) is 5.75 Å². The SMILES string of the molecule is COC[C@H](C)NC(=S)NNC(=O)CO/N=C\c1ccc(OC)cc1. The standard InChI is InChI=1S/C15H22N4O4S/c1-11(9-21-2)17-15(24)19-18-14(20)10-23-16-8-12-4-6-13(22-3)7-5-12/h4-8,11H,9-10H2,1-3H3,(H,18,20)(H2,17,19,24)/b16-8-/t11-/m0/s1. The average Bonchev–Trinajstić information content (AvgIpc) is 2.57. The number of amides is 1. The number of rotatable bonds is 8. The lowest BCUT2D eigenvalue weighted by atomic mass is 10.2. The third kappa shape index (κ3) is 8.30. The third-order valence-corrected chi connectivity index (χ3v) is 2.92. The van der Waals surface area contributed by atoms with E-state index in [1.165, 1.54) is 6.21 Å². The van der Waals surface area contributed by atoms with Crippen molar-refractivity contribution in [3.8, 4) is 5.75 Å². The van der Waals surface area contributed by atoms with Gasteiger partial charge in [0.2, 0.25) is 0 Å². The summed E-state index contributed by atoms with van der Waals surface area (Å²) in [5.74, 6) is 0.341. The number of hydrogen-bond acceptors (Lipinski definition) is 6. The molecule has 24 heavy (non-hydrogen) atoms. The zero-order valence-electron chi connectivity index (χ0n) is 13.9. The van der Waals surface area contributed by atoms with Gasteiger partial charge in [0.15, 0.2) is 11.7 Å². The molecular formula is C15H22N4O4S. The number of methoxy groups -OCH3 is 2. The molecule has 132 valence electrons. The van der Waals surface area contributed by atoms with Gasteiger partial charge in [-0.15, -0.1) is 0 Å². The smallest absolute Gasteiger partial charge is 0.279 e. The number of nitrogens with zero attached hydrogens (tertiary/aromatic N) is 1. The zero-order chi connectivity index (χ0) is 17.8. The van der Waals surface area contributed by atoms with Crippen molar-refractivity contribution in [3.05, 3.63) is 29.8 Å². The lowest BCUT2D eigenvalue weighted by molar-refractivity contribution is -0.126. The minimum Gasteiger partial charge on any atom is -0.497 e. The highest BCUT2D eigenvalue weighted by Gasteiger charge is 2.05. The molecule has 3 N–H and O–H groups in total. The number of hydrogen-bond donors (Lipinski definition) is 3. The van der Waals surface area contributed by atoms with Gasteiger partial charge in [0.25, 0.3) is 5.91 Å². The molecule has 0 spiro atoms. The van der Waals surface area contributed by atoms with Crippen LogP contribution in [-0.4, -0.2) is 50.7 Å². The fraction of sp³-hybridized carbons (Fsp3) is 0.400. The first-order valence-corrected chi connectivity index (χ1v) is 7.59. The summed E-state index contributed by atoms with van der Waals surface area (Å²) in [7, 11) is 3.19. The first-order valence-electron chi connectivity index (χ1n) is 7.18. The molecule has 0 saturated heterocycles.